The maximum Gasteiger partial charge on any atom is 0.119 e. The van der Waals surface area contributed by atoms with Crippen LogP contribution < -0.4 is 10.5 Å². The van der Waals surface area contributed by atoms with Crippen molar-refractivity contribution in [2.24, 2.45) is 5.73 Å². The third-order valence-electron chi connectivity index (χ3n) is 3.96. The number of hydrogen-bond donors (Lipinski definition) is 1. The molecule has 0 bridgehead atoms. The van der Waals surface area contributed by atoms with E-state index < -0.39 is 0 Å². The molecule has 0 aromatic heterocycles. The summed E-state index contributed by atoms with van der Waals surface area (Å²) in [7, 11) is 1.68. The molecule has 0 heterocycles. The van der Waals surface area contributed by atoms with Crippen LogP contribution in [0.25, 0.3) is 21.9 Å². The summed E-state index contributed by atoms with van der Waals surface area (Å²) >= 11 is 0. The van der Waals surface area contributed by atoms with Crippen molar-refractivity contribution in [3.05, 3.63) is 65.7 Å². The van der Waals surface area contributed by atoms with Crippen molar-refractivity contribution in [3.8, 4) is 16.9 Å². The van der Waals surface area contributed by atoms with Crippen molar-refractivity contribution in [2.45, 2.75) is 13.5 Å². The monoisotopic (exact) mass is 277 g/mol. The van der Waals surface area contributed by atoms with Crippen LogP contribution in [-0.2, 0) is 6.54 Å². The van der Waals surface area contributed by atoms with Gasteiger partial charge in [-0.05, 0) is 52.1 Å². The summed E-state index contributed by atoms with van der Waals surface area (Å²) < 4.78 is 5.30. The second-order valence-electron chi connectivity index (χ2n) is 5.20. The van der Waals surface area contributed by atoms with Crippen LogP contribution in [0.2, 0.25) is 0 Å². The molecule has 0 aliphatic heterocycles. The Morgan fingerprint density at radius 2 is 1.62 bits per heavy atom. The molecular formula is C19H19NO. The van der Waals surface area contributed by atoms with E-state index in [1.165, 1.54) is 27.5 Å². The van der Waals surface area contributed by atoms with Crippen LogP contribution in [-0.4, -0.2) is 7.11 Å². The first-order valence-corrected chi connectivity index (χ1v) is 7.10. The molecule has 3 aromatic carbocycles. The average Bonchev–Trinajstić information content (AvgIpc) is 2.55. The maximum atomic E-state index is 5.93. The summed E-state index contributed by atoms with van der Waals surface area (Å²) in [6.45, 7) is 2.64. The van der Waals surface area contributed by atoms with Gasteiger partial charge in [-0.1, -0.05) is 42.5 Å². The van der Waals surface area contributed by atoms with Gasteiger partial charge >= 0.3 is 0 Å². The van der Waals surface area contributed by atoms with E-state index >= 15 is 0 Å². The molecule has 0 aliphatic rings. The largest absolute Gasteiger partial charge is 0.497 e. The molecule has 0 spiro atoms. The molecular weight excluding hydrogens is 258 g/mol. The Balaban J connectivity index is 2.28. The number of ether oxygens (including phenoxy) is 1. The zero-order chi connectivity index (χ0) is 14.8. The van der Waals surface area contributed by atoms with Crippen molar-refractivity contribution in [2.75, 3.05) is 7.11 Å². The highest BCUT2D eigenvalue weighted by molar-refractivity contribution is 5.99. The van der Waals surface area contributed by atoms with Crippen molar-refractivity contribution in [1.29, 1.82) is 0 Å². The quantitative estimate of drug-likeness (QED) is 0.775. The molecule has 2 N–H and O–H groups in total. The Kier molecular flexibility index (Phi) is 3.63. The summed E-state index contributed by atoms with van der Waals surface area (Å²) in [6, 6.07) is 18.9. The Hall–Kier alpha value is -2.32. The van der Waals surface area contributed by atoms with Gasteiger partial charge < -0.3 is 10.5 Å². The highest BCUT2D eigenvalue weighted by atomic mass is 16.5. The fraction of sp³-hybridized carbons (Fsp3) is 0.158. The van der Waals surface area contributed by atoms with Gasteiger partial charge in [-0.3, -0.25) is 0 Å². The molecule has 106 valence electrons. The number of benzene rings is 3. The fourth-order valence-electron chi connectivity index (χ4n) is 2.81. The molecule has 0 radical (unpaired) electrons. The molecule has 0 unspecified atom stereocenters. The minimum Gasteiger partial charge on any atom is -0.497 e. The summed E-state index contributed by atoms with van der Waals surface area (Å²) in [5.41, 5.74) is 10.7. The molecule has 0 atom stereocenters. The van der Waals surface area contributed by atoms with Gasteiger partial charge in [0, 0.05) is 6.54 Å². The zero-order valence-corrected chi connectivity index (χ0v) is 12.4. The number of hydrogen-bond acceptors (Lipinski definition) is 2. The Labute approximate surface area is 125 Å². The lowest BCUT2D eigenvalue weighted by molar-refractivity contribution is 0.414. The minimum absolute atomic E-state index is 0.495. The first-order valence-electron chi connectivity index (χ1n) is 7.10. The lowest BCUT2D eigenvalue weighted by Crippen LogP contribution is -2.00. The zero-order valence-electron chi connectivity index (χ0n) is 12.4. The summed E-state index contributed by atoms with van der Waals surface area (Å²) in [5, 5.41) is 2.55. The number of aryl methyl sites for hydroxylation is 1. The van der Waals surface area contributed by atoms with Gasteiger partial charge in [-0.25, -0.2) is 0 Å². The van der Waals surface area contributed by atoms with Crippen LogP contribution in [0.4, 0.5) is 0 Å². The van der Waals surface area contributed by atoms with Gasteiger partial charge in [-0.15, -0.1) is 0 Å². The maximum absolute atomic E-state index is 5.93. The third kappa shape index (κ3) is 2.39. The fourth-order valence-corrected chi connectivity index (χ4v) is 2.81. The van der Waals surface area contributed by atoms with E-state index in [0.29, 0.717) is 6.54 Å². The molecule has 0 saturated heterocycles. The molecule has 21 heavy (non-hydrogen) atoms. The predicted octanol–water partition coefficient (Wildman–Crippen LogP) is 4.28. The van der Waals surface area contributed by atoms with E-state index in [0.717, 1.165) is 11.3 Å². The van der Waals surface area contributed by atoms with Crippen LogP contribution in [0, 0.1) is 6.92 Å². The standard InChI is InChI=1S/C19H19NO/c1-13-7-9-19(18-6-4-3-5-16(13)18)17-10-8-15(21-2)11-14(17)12-20/h3-11H,12,20H2,1-2H3. The van der Waals surface area contributed by atoms with Crippen LogP contribution in [0.5, 0.6) is 5.75 Å². The van der Waals surface area contributed by atoms with E-state index in [4.69, 9.17) is 10.5 Å². The van der Waals surface area contributed by atoms with Gasteiger partial charge in [0.1, 0.15) is 5.75 Å². The summed E-state index contributed by atoms with van der Waals surface area (Å²) in [5.74, 6) is 0.843. The van der Waals surface area contributed by atoms with Crippen molar-refractivity contribution in [3.63, 3.8) is 0 Å². The number of fused-ring (bicyclic) bond motifs is 1. The molecule has 2 heteroatoms. The smallest absolute Gasteiger partial charge is 0.119 e. The topological polar surface area (TPSA) is 35.2 Å². The van der Waals surface area contributed by atoms with Crippen molar-refractivity contribution in [1.82, 2.24) is 0 Å². The molecule has 2 nitrogen and oxygen atoms in total. The first kappa shape index (κ1) is 13.7. The molecule has 3 aromatic rings. The summed E-state index contributed by atoms with van der Waals surface area (Å²) in [4.78, 5) is 0. The van der Waals surface area contributed by atoms with Crippen LogP contribution in [0.3, 0.4) is 0 Å². The van der Waals surface area contributed by atoms with Crippen LogP contribution >= 0.6 is 0 Å². The highest BCUT2D eigenvalue weighted by Crippen LogP contribution is 2.34. The summed E-state index contributed by atoms with van der Waals surface area (Å²) in [6.07, 6.45) is 0. The van der Waals surface area contributed by atoms with E-state index in [2.05, 4.69) is 49.4 Å². The predicted molar refractivity (Wildman–Crippen MR) is 88.6 cm³/mol. The third-order valence-corrected chi connectivity index (χ3v) is 3.96. The van der Waals surface area contributed by atoms with Gasteiger partial charge in [0.15, 0.2) is 0 Å². The molecule has 0 amide bonds. The Morgan fingerprint density at radius 1 is 0.905 bits per heavy atom. The Bertz CT molecular complexity index is 793. The first-order chi connectivity index (χ1) is 10.2. The van der Waals surface area contributed by atoms with E-state index in [-0.39, 0.29) is 0 Å². The van der Waals surface area contributed by atoms with E-state index in [1.807, 2.05) is 12.1 Å². The average molecular weight is 277 g/mol. The van der Waals surface area contributed by atoms with Gasteiger partial charge in [0.05, 0.1) is 7.11 Å². The normalized spacial score (nSPS) is 10.8. The SMILES string of the molecule is COc1ccc(-c2ccc(C)c3ccccc23)c(CN)c1. The molecule has 0 aliphatic carbocycles. The van der Waals surface area contributed by atoms with Crippen molar-refractivity contribution < 1.29 is 4.74 Å². The second kappa shape index (κ2) is 5.58. The van der Waals surface area contributed by atoms with E-state index in [1.54, 1.807) is 7.11 Å². The second-order valence-corrected chi connectivity index (χ2v) is 5.20. The number of nitrogens with two attached hydrogens (primary N) is 1. The van der Waals surface area contributed by atoms with Crippen LogP contribution in [0.1, 0.15) is 11.1 Å². The van der Waals surface area contributed by atoms with Gasteiger partial charge in [0.25, 0.3) is 0 Å². The number of methoxy groups -OCH3 is 1. The lowest BCUT2D eigenvalue weighted by atomic mass is 9.92. The molecule has 3 rings (SSSR count). The minimum atomic E-state index is 0.495. The number of rotatable bonds is 3. The van der Waals surface area contributed by atoms with Gasteiger partial charge in [-0.2, -0.15) is 0 Å². The molecule has 0 saturated carbocycles. The highest BCUT2D eigenvalue weighted by Gasteiger charge is 2.10. The van der Waals surface area contributed by atoms with E-state index in [9.17, 15) is 0 Å². The van der Waals surface area contributed by atoms with Crippen LogP contribution in [0.15, 0.2) is 54.6 Å². The lowest BCUT2D eigenvalue weighted by Gasteiger charge is -2.14. The van der Waals surface area contributed by atoms with Crippen molar-refractivity contribution >= 4 is 10.8 Å². The molecule has 0 fully saturated rings. The Morgan fingerprint density at radius 3 is 2.33 bits per heavy atom. The van der Waals surface area contributed by atoms with Gasteiger partial charge in [0.2, 0.25) is 0 Å².